The first kappa shape index (κ1) is 11.8. The van der Waals surface area contributed by atoms with Crippen molar-refractivity contribution in [3.05, 3.63) is 0 Å². The molecule has 0 rings (SSSR count). The number of hydrogen-bond donors (Lipinski definition) is 3. The van der Waals surface area contributed by atoms with Gasteiger partial charge in [-0.3, -0.25) is 0 Å². The molecule has 3 N–H and O–H groups in total. The van der Waals surface area contributed by atoms with Crippen LogP contribution in [-0.2, 0) is 4.74 Å². The van der Waals surface area contributed by atoms with E-state index in [2.05, 4.69) is 0 Å². The van der Waals surface area contributed by atoms with Gasteiger partial charge in [0.15, 0.2) is 0 Å². The second-order valence-electron chi connectivity index (χ2n) is 2.71. The normalized spacial score (nSPS) is 16.0. The van der Waals surface area contributed by atoms with E-state index in [0.717, 1.165) is 6.42 Å². The van der Waals surface area contributed by atoms with Gasteiger partial charge < -0.3 is 20.1 Å². The monoisotopic (exact) mass is 178 g/mol. The molecule has 0 saturated carbocycles. The van der Waals surface area contributed by atoms with E-state index in [1.54, 1.807) is 0 Å². The molecular formula is C8H18O4. The van der Waals surface area contributed by atoms with Crippen molar-refractivity contribution in [1.82, 2.24) is 0 Å². The molecule has 0 aliphatic rings. The molecule has 0 aliphatic carbocycles. The molecular weight excluding hydrogens is 160 g/mol. The molecule has 2 unspecified atom stereocenters. The molecule has 0 aliphatic heterocycles. The summed E-state index contributed by atoms with van der Waals surface area (Å²) >= 11 is 0. The van der Waals surface area contributed by atoms with E-state index >= 15 is 0 Å². The van der Waals surface area contributed by atoms with Crippen LogP contribution in [0.1, 0.15) is 19.8 Å². The molecule has 2 atom stereocenters. The Morgan fingerprint density at radius 2 is 1.92 bits per heavy atom. The summed E-state index contributed by atoms with van der Waals surface area (Å²) in [4.78, 5) is 0. The quantitative estimate of drug-likeness (QED) is 0.492. The fourth-order valence-corrected chi connectivity index (χ4v) is 0.762. The van der Waals surface area contributed by atoms with Crippen molar-refractivity contribution < 1.29 is 20.1 Å². The van der Waals surface area contributed by atoms with Crippen molar-refractivity contribution in [3.8, 4) is 0 Å². The smallest absolute Gasteiger partial charge is 0.0803 e. The van der Waals surface area contributed by atoms with Crippen LogP contribution in [0.3, 0.4) is 0 Å². The molecule has 0 fully saturated rings. The third-order valence-electron chi connectivity index (χ3n) is 1.67. The van der Waals surface area contributed by atoms with Gasteiger partial charge in [0.1, 0.15) is 0 Å². The summed E-state index contributed by atoms with van der Waals surface area (Å²) in [6, 6.07) is 0. The minimum Gasteiger partial charge on any atom is -0.394 e. The lowest BCUT2D eigenvalue weighted by molar-refractivity contribution is -0.0116. The van der Waals surface area contributed by atoms with Crippen molar-refractivity contribution >= 4 is 0 Å². The maximum Gasteiger partial charge on any atom is 0.0803 e. The highest BCUT2D eigenvalue weighted by Gasteiger charge is 2.06. The maximum absolute atomic E-state index is 8.92. The number of hydrogen-bond acceptors (Lipinski definition) is 4. The Kier molecular flexibility index (Phi) is 7.39. The van der Waals surface area contributed by atoms with E-state index in [-0.39, 0.29) is 19.3 Å². The number of ether oxygens (including phenoxy) is 1. The Hall–Kier alpha value is -0.160. The Labute approximate surface area is 72.8 Å². The van der Waals surface area contributed by atoms with Crippen LogP contribution < -0.4 is 0 Å². The number of aliphatic hydroxyl groups excluding tert-OH is 3. The summed E-state index contributed by atoms with van der Waals surface area (Å²) in [7, 11) is 0. The average molecular weight is 178 g/mol. The molecule has 0 radical (unpaired) electrons. The molecule has 0 aromatic heterocycles. The zero-order valence-electron chi connectivity index (χ0n) is 7.44. The molecule has 74 valence electrons. The van der Waals surface area contributed by atoms with Gasteiger partial charge in [0.05, 0.1) is 25.4 Å². The molecule has 4 nitrogen and oxygen atoms in total. The SMILES string of the molecule is CCC(CO)OCCC(O)CO. The minimum absolute atomic E-state index is 0.00567. The van der Waals surface area contributed by atoms with E-state index in [4.69, 9.17) is 20.1 Å². The number of rotatable bonds is 7. The Balaban J connectivity index is 3.28. The second kappa shape index (κ2) is 7.49. The lowest BCUT2D eigenvalue weighted by atomic mass is 10.2. The zero-order chi connectivity index (χ0) is 9.40. The largest absolute Gasteiger partial charge is 0.394 e. The van der Waals surface area contributed by atoms with Crippen molar-refractivity contribution in [2.45, 2.75) is 32.0 Å². The molecule has 0 bridgehead atoms. The second-order valence-corrected chi connectivity index (χ2v) is 2.71. The van der Waals surface area contributed by atoms with Gasteiger partial charge in [-0.25, -0.2) is 0 Å². The van der Waals surface area contributed by atoms with Gasteiger partial charge in [0.2, 0.25) is 0 Å². The number of aliphatic hydroxyl groups is 3. The minimum atomic E-state index is -0.707. The first-order chi connectivity index (χ1) is 5.74. The Morgan fingerprint density at radius 1 is 1.25 bits per heavy atom. The van der Waals surface area contributed by atoms with Gasteiger partial charge in [0, 0.05) is 6.61 Å². The molecule has 0 spiro atoms. The van der Waals surface area contributed by atoms with Gasteiger partial charge in [-0.15, -0.1) is 0 Å². The lowest BCUT2D eigenvalue weighted by Crippen LogP contribution is -2.21. The summed E-state index contributed by atoms with van der Waals surface area (Å²) in [6.45, 7) is 2.06. The molecule has 0 aromatic rings. The van der Waals surface area contributed by atoms with Gasteiger partial charge in [-0.05, 0) is 12.8 Å². The zero-order valence-corrected chi connectivity index (χ0v) is 7.44. The van der Waals surface area contributed by atoms with Gasteiger partial charge in [-0.1, -0.05) is 6.92 Å². The van der Waals surface area contributed by atoms with Crippen molar-refractivity contribution in [3.63, 3.8) is 0 Å². The van der Waals surface area contributed by atoms with Crippen molar-refractivity contribution in [1.29, 1.82) is 0 Å². The van der Waals surface area contributed by atoms with Crippen LogP contribution in [0, 0.1) is 0 Å². The van der Waals surface area contributed by atoms with E-state index in [1.165, 1.54) is 0 Å². The average Bonchev–Trinajstić information content (AvgIpc) is 2.12. The predicted octanol–water partition coefficient (Wildman–Crippen LogP) is -0.483. The molecule has 0 heterocycles. The fraction of sp³-hybridized carbons (Fsp3) is 1.00. The van der Waals surface area contributed by atoms with Crippen LogP contribution in [0.4, 0.5) is 0 Å². The Bertz CT molecular complexity index is 93.1. The highest BCUT2D eigenvalue weighted by atomic mass is 16.5. The summed E-state index contributed by atoms with van der Waals surface area (Å²) in [5, 5.41) is 26.1. The third-order valence-corrected chi connectivity index (χ3v) is 1.67. The summed E-state index contributed by atoms with van der Waals surface area (Å²) < 4.78 is 5.19. The van der Waals surface area contributed by atoms with Crippen molar-refractivity contribution in [2.24, 2.45) is 0 Å². The third kappa shape index (κ3) is 5.49. The van der Waals surface area contributed by atoms with Crippen molar-refractivity contribution in [2.75, 3.05) is 19.8 Å². The van der Waals surface area contributed by atoms with Gasteiger partial charge >= 0.3 is 0 Å². The molecule has 0 saturated heterocycles. The van der Waals surface area contributed by atoms with E-state index in [0.29, 0.717) is 13.0 Å². The van der Waals surface area contributed by atoms with Crippen LogP contribution in [0.15, 0.2) is 0 Å². The maximum atomic E-state index is 8.92. The standard InChI is InChI=1S/C8H18O4/c1-2-8(6-10)12-4-3-7(11)5-9/h7-11H,2-6H2,1H3. The topological polar surface area (TPSA) is 69.9 Å². The summed E-state index contributed by atoms with van der Waals surface area (Å²) in [5.41, 5.74) is 0. The van der Waals surface area contributed by atoms with Crippen LogP contribution in [0.5, 0.6) is 0 Å². The lowest BCUT2D eigenvalue weighted by Gasteiger charge is -2.14. The first-order valence-corrected chi connectivity index (χ1v) is 4.26. The van der Waals surface area contributed by atoms with Gasteiger partial charge in [-0.2, -0.15) is 0 Å². The fourth-order valence-electron chi connectivity index (χ4n) is 0.762. The summed E-state index contributed by atoms with van der Waals surface area (Å²) in [6.07, 6.45) is 0.315. The highest BCUT2D eigenvalue weighted by Crippen LogP contribution is 1.99. The summed E-state index contributed by atoms with van der Waals surface area (Å²) in [5.74, 6) is 0. The van der Waals surface area contributed by atoms with Crippen LogP contribution in [-0.4, -0.2) is 47.3 Å². The molecule has 0 amide bonds. The molecule has 12 heavy (non-hydrogen) atoms. The van der Waals surface area contributed by atoms with E-state index < -0.39 is 6.10 Å². The highest BCUT2D eigenvalue weighted by molar-refractivity contribution is 4.55. The Morgan fingerprint density at radius 3 is 2.33 bits per heavy atom. The van der Waals surface area contributed by atoms with Crippen LogP contribution in [0.25, 0.3) is 0 Å². The van der Waals surface area contributed by atoms with E-state index in [1.807, 2.05) is 6.92 Å². The van der Waals surface area contributed by atoms with Gasteiger partial charge in [0.25, 0.3) is 0 Å². The van der Waals surface area contributed by atoms with E-state index in [9.17, 15) is 0 Å². The van der Waals surface area contributed by atoms with Crippen LogP contribution in [0.2, 0.25) is 0 Å². The first-order valence-electron chi connectivity index (χ1n) is 4.26. The molecule has 4 heteroatoms. The molecule has 0 aromatic carbocycles. The van der Waals surface area contributed by atoms with Crippen LogP contribution >= 0.6 is 0 Å². The predicted molar refractivity (Wildman–Crippen MR) is 44.8 cm³/mol.